The summed E-state index contributed by atoms with van der Waals surface area (Å²) in [5.41, 5.74) is 0. The molecule has 0 aromatic carbocycles. The summed E-state index contributed by atoms with van der Waals surface area (Å²) in [7, 11) is 4.85. The standard InChI is InChI=1S/C6H11NO2.C6H10O.C5H10O.C5H8O.C4H9NO.C4H8O2.C4H8O.C4H6O/c1-5(8)4-7(3)6(2)9;1-3-4-5-6(2)7;2*1-3-4-5(2)6;1-4(6)3-5-2;1-4(5)3-6-2;2*1-3-4(2)5/h4H2,1-3H3;3H,1,4-5H2,2H3;3-4H2,1-2H3;3-4H,1-2H3;5H,3H2,1-2H3;3H2,1-2H3;3H2,1-2H3;3H,1H2,2H3/b;;;4-3+;;;;. The second kappa shape index (κ2) is 54.4. The number of carbonyl (C=O) groups excluding carboxylic acids is 9. The Morgan fingerprint density at radius 2 is 1.10 bits per heavy atom. The summed E-state index contributed by atoms with van der Waals surface area (Å²) in [4.78, 5) is 91.8. The largest absolute Gasteiger partial charge is 0.377 e. The van der Waals surface area contributed by atoms with E-state index in [1.807, 2.05) is 20.8 Å². The smallest absolute Gasteiger partial charge is 0.219 e. The molecule has 1 amide bonds. The van der Waals surface area contributed by atoms with Crippen molar-refractivity contribution in [3.05, 3.63) is 37.5 Å². The molecule has 0 aliphatic carbocycles. The zero-order valence-corrected chi connectivity index (χ0v) is 33.9. The predicted octanol–water partition coefficient (Wildman–Crippen LogP) is 5.89. The first kappa shape index (κ1) is 64.5. The van der Waals surface area contributed by atoms with Crippen LogP contribution in [0.4, 0.5) is 0 Å². The van der Waals surface area contributed by atoms with Gasteiger partial charge in [0.1, 0.15) is 35.5 Å². The Hall–Kier alpha value is -4.03. The SMILES string of the molecule is C/C=C/C(C)=O.C=CC(C)=O.C=CCCC(C)=O.CC(=O)CN(C)C(C)=O.CCC(C)=O.CCCC(C)=O.CNCC(C)=O.COCC(C)=O. The third-order valence-electron chi connectivity index (χ3n) is 4.26. The lowest BCUT2D eigenvalue weighted by atomic mass is 10.2. The number of nitrogens with one attached hydrogen (secondary N) is 1. The molecule has 0 atom stereocenters. The number of rotatable bonds is 14. The highest BCUT2D eigenvalue weighted by molar-refractivity contribution is 5.87. The number of ketones is 8. The number of hydrogen-bond acceptors (Lipinski definition) is 11. The first-order chi connectivity index (χ1) is 22.9. The first-order valence-electron chi connectivity index (χ1n) is 16.1. The van der Waals surface area contributed by atoms with E-state index in [0.29, 0.717) is 19.4 Å². The Morgan fingerprint density at radius 1 is 0.680 bits per heavy atom. The van der Waals surface area contributed by atoms with Gasteiger partial charge in [-0.05, 0) is 94.4 Å². The number of ether oxygens (including phenoxy) is 1. The molecule has 0 aromatic heterocycles. The van der Waals surface area contributed by atoms with Gasteiger partial charge in [0.2, 0.25) is 5.91 Å². The van der Waals surface area contributed by atoms with Gasteiger partial charge >= 0.3 is 0 Å². The molecule has 0 bridgehead atoms. The van der Waals surface area contributed by atoms with Crippen LogP contribution in [0.1, 0.15) is 115 Å². The lowest BCUT2D eigenvalue weighted by molar-refractivity contribution is -0.131. The van der Waals surface area contributed by atoms with Crippen molar-refractivity contribution in [1.29, 1.82) is 0 Å². The average molecular weight is 715 g/mol. The van der Waals surface area contributed by atoms with Crippen LogP contribution in [0.2, 0.25) is 0 Å². The number of amides is 1. The summed E-state index contributed by atoms with van der Waals surface area (Å²) in [6.45, 7) is 27.0. The van der Waals surface area contributed by atoms with Crippen LogP contribution in [-0.4, -0.2) is 98.0 Å². The molecule has 1 N–H and O–H groups in total. The molecule has 292 valence electrons. The normalized spacial score (nSPS) is 8.30. The van der Waals surface area contributed by atoms with E-state index in [4.69, 9.17) is 0 Å². The molecule has 0 spiro atoms. The highest BCUT2D eigenvalue weighted by Crippen LogP contribution is 1.88. The maximum Gasteiger partial charge on any atom is 0.219 e. The van der Waals surface area contributed by atoms with Crippen molar-refractivity contribution in [2.75, 3.05) is 40.9 Å². The lowest BCUT2D eigenvalue weighted by Gasteiger charge is -2.10. The predicted molar refractivity (Wildman–Crippen MR) is 204 cm³/mol. The Bertz CT molecular complexity index is 946. The molecule has 50 heavy (non-hydrogen) atoms. The van der Waals surface area contributed by atoms with Crippen molar-refractivity contribution in [3.63, 3.8) is 0 Å². The van der Waals surface area contributed by atoms with Gasteiger partial charge in [-0.1, -0.05) is 32.6 Å². The van der Waals surface area contributed by atoms with Gasteiger partial charge < -0.3 is 29.3 Å². The molecule has 0 aromatic rings. The summed E-state index contributed by atoms with van der Waals surface area (Å²) in [6.07, 6.45) is 10.1. The third kappa shape index (κ3) is 141. The Labute approximate surface area is 303 Å². The Balaban J connectivity index is -0.0000000677. The highest BCUT2D eigenvalue weighted by atomic mass is 16.5. The first-order valence-corrected chi connectivity index (χ1v) is 16.1. The second-order valence-corrected chi connectivity index (χ2v) is 10.4. The lowest BCUT2D eigenvalue weighted by Crippen LogP contribution is -2.28. The number of carbonyl (C=O) groups is 9. The van der Waals surface area contributed by atoms with Gasteiger partial charge in [0.15, 0.2) is 17.3 Å². The number of methoxy groups -OCH3 is 1. The summed E-state index contributed by atoms with van der Waals surface area (Å²) in [5, 5.41) is 2.72. The molecule has 0 aliphatic rings. The van der Waals surface area contributed by atoms with Crippen molar-refractivity contribution in [2.45, 2.75) is 115 Å². The van der Waals surface area contributed by atoms with Crippen LogP contribution in [0.5, 0.6) is 0 Å². The van der Waals surface area contributed by atoms with Crippen molar-refractivity contribution in [3.8, 4) is 0 Å². The van der Waals surface area contributed by atoms with Crippen molar-refractivity contribution in [1.82, 2.24) is 10.2 Å². The van der Waals surface area contributed by atoms with Crippen molar-refractivity contribution < 1.29 is 47.9 Å². The van der Waals surface area contributed by atoms with Crippen LogP contribution < -0.4 is 5.32 Å². The molecular formula is C38H70N2O10. The molecule has 0 radical (unpaired) electrons. The van der Waals surface area contributed by atoms with Crippen LogP contribution in [0.25, 0.3) is 0 Å². The summed E-state index contributed by atoms with van der Waals surface area (Å²) >= 11 is 0. The number of Topliss-reactive ketones (excluding diaryl/α,β-unsaturated/α-hetero) is 6. The van der Waals surface area contributed by atoms with Crippen molar-refractivity contribution >= 4 is 52.2 Å². The maximum atomic E-state index is 10.5. The Morgan fingerprint density at radius 3 is 1.14 bits per heavy atom. The zero-order chi connectivity index (χ0) is 41.7. The fourth-order valence-corrected chi connectivity index (χ4v) is 1.79. The quantitative estimate of drug-likeness (QED) is 0.168. The van der Waals surface area contributed by atoms with E-state index in [1.165, 1.54) is 58.8 Å². The van der Waals surface area contributed by atoms with Crippen LogP contribution in [0, 0.1) is 0 Å². The molecule has 0 fully saturated rings. The van der Waals surface area contributed by atoms with Gasteiger partial charge in [-0.15, -0.1) is 6.58 Å². The zero-order valence-electron chi connectivity index (χ0n) is 33.9. The summed E-state index contributed by atoms with van der Waals surface area (Å²) in [6, 6.07) is 0. The molecule has 0 saturated carbocycles. The molecule has 0 saturated heterocycles. The maximum absolute atomic E-state index is 10.5. The number of likely N-dealkylation sites (N-methyl/N-ethyl adjacent to an activating group) is 2. The molecule has 0 rings (SSSR count). The van der Waals surface area contributed by atoms with Gasteiger partial charge in [-0.25, -0.2) is 0 Å². The van der Waals surface area contributed by atoms with Crippen LogP contribution in [-0.2, 0) is 47.9 Å². The van der Waals surface area contributed by atoms with E-state index < -0.39 is 0 Å². The average Bonchev–Trinajstić information content (AvgIpc) is 2.97. The molecule has 0 heterocycles. The number of nitrogens with zero attached hydrogens (tertiary/aromatic N) is 1. The Kier molecular flexibility index (Phi) is 70.2. The minimum atomic E-state index is -0.0785. The fraction of sp³-hybridized carbons (Fsp3) is 0.605. The minimum Gasteiger partial charge on any atom is -0.377 e. The topological polar surface area (TPSA) is 178 Å². The molecular weight excluding hydrogens is 644 g/mol. The van der Waals surface area contributed by atoms with Gasteiger partial charge in [0, 0.05) is 40.3 Å². The van der Waals surface area contributed by atoms with Gasteiger partial charge in [-0.3, -0.25) is 28.8 Å². The van der Waals surface area contributed by atoms with Gasteiger partial charge in [0.05, 0.1) is 13.1 Å². The van der Waals surface area contributed by atoms with Crippen LogP contribution >= 0.6 is 0 Å². The van der Waals surface area contributed by atoms with E-state index in [9.17, 15) is 43.2 Å². The number of allylic oxidation sites excluding steroid dienone is 4. The third-order valence-corrected chi connectivity index (χ3v) is 4.26. The molecule has 12 nitrogen and oxygen atoms in total. The number of hydrogen-bond donors (Lipinski definition) is 1. The van der Waals surface area contributed by atoms with E-state index in [2.05, 4.69) is 23.2 Å². The van der Waals surface area contributed by atoms with Crippen molar-refractivity contribution in [2.24, 2.45) is 0 Å². The molecule has 12 heteroatoms. The van der Waals surface area contributed by atoms with E-state index in [0.717, 1.165) is 19.3 Å². The highest BCUT2D eigenvalue weighted by Gasteiger charge is 2.02. The van der Waals surface area contributed by atoms with Gasteiger partial charge in [-0.2, -0.15) is 0 Å². The van der Waals surface area contributed by atoms with Crippen LogP contribution in [0.15, 0.2) is 37.5 Å². The molecule has 0 aliphatic heterocycles. The van der Waals surface area contributed by atoms with E-state index in [-0.39, 0.29) is 65.3 Å². The minimum absolute atomic E-state index is 0.00713. The van der Waals surface area contributed by atoms with Crippen LogP contribution in [0.3, 0.4) is 0 Å². The monoisotopic (exact) mass is 715 g/mol. The second-order valence-electron chi connectivity index (χ2n) is 10.4. The van der Waals surface area contributed by atoms with E-state index >= 15 is 0 Å². The van der Waals surface area contributed by atoms with Gasteiger partial charge in [0.25, 0.3) is 0 Å². The fourth-order valence-electron chi connectivity index (χ4n) is 1.79. The van der Waals surface area contributed by atoms with E-state index in [1.54, 1.807) is 53.9 Å². The summed E-state index contributed by atoms with van der Waals surface area (Å²) in [5.74, 6) is 1.08. The molecule has 0 unspecified atom stereocenters. The summed E-state index contributed by atoms with van der Waals surface area (Å²) < 4.78 is 4.45.